The fourth-order valence-corrected chi connectivity index (χ4v) is 2.58. The van der Waals surface area contributed by atoms with E-state index in [1.54, 1.807) is 19.1 Å². The van der Waals surface area contributed by atoms with Gasteiger partial charge >= 0.3 is 0 Å². The van der Waals surface area contributed by atoms with Gasteiger partial charge in [0.2, 0.25) is 10.0 Å². The minimum absolute atomic E-state index is 0.171. The van der Waals surface area contributed by atoms with Crippen molar-refractivity contribution in [2.75, 3.05) is 6.54 Å². The van der Waals surface area contributed by atoms with Crippen LogP contribution in [0.3, 0.4) is 0 Å². The van der Waals surface area contributed by atoms with Crippen LogP contribution in [0, 0.1) is 19.3 Å². The van der Waals surface area contributed by atoms with Crippen LogP contribution in [0.2, 0.25) is 0 Å². The minimum atomic E-state index is -3.58. The first kappa shape index (κ1) is 12.7. The number of nitrogens with one attached hydrogen (secondary N) is 2. The van der Waals surface area contributed by atoms with E-state index in [0.29, 0.717) is 5.56 Å². The molecule has 0 heterocycles. The first-order chi connectivity index (χ1) is 7.33. The number of nitrogens with two attached hydrogens (primary N) is 1. The van der Waals surface area contributed by atoms with E-state index >= 15 is 0 Å². The highest BCUT2D eigenvalue weighted by Crippen LogP contribution is 2.16. The lowest BCUT2D eigenvalue weighted by Gasteiger charge is -2.09. The molecule has 0 bridgehead atoms. The number of hydrogen-bond donors (Lipinski definition) is 3. The van der Waals surface area contributed by atoms with E-state index in [0.717, 1.165) is 5.56 Å². The molecule has 0 atom stereocenters. The van der Waals surface area contributed by atoms with Crippen molar-refractivity contribution in [2.45, 2.75) is 18.7 Å². The number of aryl methyl sites for hydroxylation is 2. The van der Waals surface area contributed by atoms with Crippen molar-refractivity contribution in [3.05, 3.63) is 29.3 Å². The Bertz CT molecular complexity index is 509. The van der Waals surface area contributed by atoms with Gasteiger partial charge in [0.25, 0.3) is 0 Å². The van der Waals surface area contributed by atoms with Crippen LogP contribution < -0.4 is 10.5 Å². The molecule has 1 aromatic rings. The summed E-state index contributed by atoms with van der Waals surface area (Å²) in [6.45, 7) is 3.38. The van der Waals surface area contributed by atoms with Crippen LogP contribution in [-0.4, -0.2) is 20.8 Å². The van der Waals surface area contributed by atoms with Crippen molar-refractivity contribution in [3.8, 4) is 0 Å². The van der Waals surface area contributed by atoms with Gasteiger partial charge in [-0.3, -0.25) is 5.41 Å². The lowest BCUT2D eigenvalue weighted by atomic mass is 10.2. The van der Waals surface area contributed by atoms with Crippen molar-refractivity contribution in [2.24, 2.45) is 5.73 Å². The van der Waals surface area contributed by atoms with Gasteiger partial charge in [-0.25, -0.2) is 13.1 Å². The van der Waals surface area contributed by atoms with E-state index in [9.17, 15) is 8.42 Å². The first-order valence-corrected chi connectivity index (χ1v) is 6.21. The van der Waals surface area contributed by atoms with Gasteiger partial charge in [-0.1, -0.05) is 12.1 Å². The number of rotatable bonds is 4. The number of benzene rings is 1. The quantitative estimate of drug-likeness (QED) is 0.529. The molecule has 0 saturated carbocycles. The maximum atomic E-state index is 11.8. The van der Waals surface area contributed by atoms with Gasteiger partial charge in [0.15, 0.2) is 0 Å². The fourth-order valence-electron chi connectivity index (χ4n) is 1.25. The molecule has 0 unspecified atom stereocenters. The molecule has 0 radical (unpaired) electrons. The van der Waals surface area contributed by atoms with Gasteiger partial charge in [0.1, 0.15) is 5.84 Å². The fraction of sp³-hybridized carbons (Fsp3) is 0.300. The maximum absolute atomic E-state index is 11.8. The topological polar surface area (TPSA) is 96.0 Å². The third-order valence-electron chi connectivity index (χ3n) is 2.09. The Morgan fingerprint density at radius 2 is 2.06 bits per heavy atom. The van der Waals surface area contributed by atoms with Gasteiger partial charge in [-0.15, -0.1) is 0 Å². The van der Waals surface area contributed by atoms with Crippen LogP contribution in [0.4, 0.5) is 0 Å². The zero-order chi connectivity index (χ0) is 12.3. The molecule has 1 rings (SSSR count). The number of amidine groups is 1. The van der Waals surface area contributed by atoms with E-state index in [1.807, 2.05) is 13.0 Å². The van der Waals surface area contributed by atoms with Crippen molar-refractivity contribution in [1.29, 1.82) is 5.41 Å². The number of sulfonamides is 1. The summed E-state index contributed by atoms with van der Waals surface area (Å²) in [5.41, 5.74) is 6.64. The molecule has 0 aliphatic carbocycles. The predicted octanol–water partition coefficient (Wildman–Crippen LogP) is 0.518. The Labute approximate surface area is 95.2 Å². The van der Waals surface area contributed by atoms with Gasteiger partial charge in [-0.05, 0) is 31.0 Å². The van der Waals surface area contributed by atoms with Crippen molar-refractivity contribution in [1.82, 2.24) is 4.72 Å². The van der Waals surface area contributed by atoms with Gasteiger partial charge < -0.3 is 5.73 Å². The molecule has 0 aliphatic heterocycles. The van der Waals surface area contributed by atoms with Crippen molar-refractivity contribution in [3.63, 3.8) is 0 Å². The third-order valence-corrected chi connectivity index (χ3v) is 3.63. The molecule has 0 fully saturated rings. The van der Waals surface area contributed by atoms with Crippen LogP contribution in [0.1, 0.15) is 11.1 Å². The van der Waals surface area contributed by atoms with Crippen LogP contribution in [-0.2, 0) is 10.0 Å². The molecular weight excluding hydrogens is 226 g/mol. The molecule has 4 N–H and O–H groups in total. The van der Waals surface area contributed by atoms with E-state index in [1.165, 1.54) is 0 Å². The third kappa shape index (κ3) is 3.04. The highest BCUT2D eigenvalue weighted by Gasteiger charge is 2.16. The molecule has 5 nitrogen and oxygen atoms in total. The standard InChI is InChI=1S/C10H15N3O2S/c1-7-3-4-8(2)9(5-7)16(14,15)13-6-10(11)12/h3-5,13H,6H2,1-2H3,(H3,11,12). The normalized spacial score (nSPS) is 11.4. The number of hydrogen-bond acceptors (Lipinski definition) is 3. The highest BCUT2D eigenvalue weighted by molar-refractivity contribution is 7.89. The van der Waals surface area contributed by atoms with E-state index in [4.69, 9.17) is 11.1 Å². The maximum Gasteiger partial charge on any atom is 0.241 e. The lowest BCUT2D eigenvalue weighted by Crippen LogP contribution is -2.33. The predicted molar refractivity (Wildman–Crippen MR) is 63.0 cm³/mol. The second-order valence-corrected chi connectivity index (χ2v) is 5.35. The van der Waals surface area contributed by atoms with Gasteiger partial charge in [0.05, 0.1) is 11.4 Å². The molecule has 0 aromatic heterocycles. The monoisotopic (exact) mass is 241 g/mol. The average Bonchev–Trinajstić information content (AvgIpc) is 2.19. The van der Waals surface area contributed by atoms with Crippen LogP contribution in [0.25, 0.3) is 0 Å². The molecule has 0 amide bonds. The lowest BCUT2D eigenvalue weighted by molar-refractivity contribution is 0.585. The van der Waals surface area contributed by atoms with Crippen LogP contribution in [0.15, 0.2) is 23.1 Å². The van der Waals surface area contributed by atoms with E-state index < -0.39 is 10.0 Å². The Morgan fingerprint density at radius 1 is 1.44 bits per heavy atom. The van der Waals surface area contributed by atoms with Crippen LogP contribution >= 0.6 is 0 Å². The minimum Gasteiger partial charge on any atom is -0.387 e. The van der Waals surface area contributed by atoms with Gasteiger partial charge in [-0.2, -0.15) is 0 Å². The van der Waals surface area contributed by atoms with Crippen LogP contribution in [0.5, 0.6) is 0 Å². The molecule has 16 heavy (non-hydrogen) atoms. The highest BCUT2D eigenvalue weighted by atomic mass is 32.2. The SMILES string of the molecule is Cc1ccc(C)c(S(=O)(=O)NCC(=N)N)c1. The Kier molecular flexibility index (Phi) is 3.66. The zero-order valence-corrected chi connectivity index (χ0v) is 10.1. The second kappa shape index (κ2) is 4.63. The summed E-state index contributed by atoms with van der Waals surface area (Å²) in [6.07, 6.45) is 0. The average molecular weight is 241 g/mol. The molecule has 0 spiro atoms. The summed E-state index contributed by atoms with van der Waals surface area (Å²) in [6, 6.07) is 5.19. The van der Waals surface area contributed by atoms with Crippen molar-refractivity contribution < 1.29 is 8.42 Å². The largest absolute Gasteiger partial charge is 0.387 e. The summed E-state index contributed by atoms with van der Waals surface area (Å²) in [4.78, 5) is 0.230. The summed E-state index contributed by atoms with van der Waals surface area (Å²) in [5, 5.41) is 6.98. The molecule has 6 heteroatoms. The first-order valence-electron chi connectivity index (χ1n) is 4.73. The Hall–Kier alpha value is -1.40. The molecule has 0 aliphatic rings. The molecule has 1 aromatic carbocycles. The van der Waals surface area contributed by atoms with E-state index in [2.05, 4.69) is 4.72 Å². The Morgan fingerprint density at radius 3 is 2.62 bits per heavy atom. The van der Waals surface area contributed by atoms with Crippen molar-refractivity contribution >= 4 is 15.9 Å². The Balaban J connectivity index is 3.07. The smallest absolute Gasteiger partial charge is 0.241 e. The second-order valence-electron chi connectivity index (χ2n) is 3.62. The summed E-state index contributed by atoms with van der Waals surface area (Å²) in [7, 11) is -3.58. The molecule has 0 saturated heterocycles. The summed E-state index contributed by atoms with van der Waals surface area (Å²) >= 11 is 0. The summed E-state index contributed by atoms with van der Waals surface area (Å²) in [5.74, 6) is -0.214. The van der Waals surface area contributed by atoms with E-state index in [-0.39, 0.29) is 17.3 Å². The molecular formula is C10H15N3O2S. The van der Waals surface area contributed by atoms with Gasteiger partial charge in [0, 0.05) is 0 Å². The zero-order valence-electron chi connectivity index (χ0n) is 9.24. The molecule has 88 valence electrons. The summed E-state index contributed by atoms with van der Waals surface area (Å²) < 4.78 is 26.0.